The summed E-state index contributed by atoms with van der Waals surface area (Å²) in [5.74, 6) is 0. The highest BCUT2D eigenvalue weighted by Crippen LogP contribution is 2.64. The number of rotatable bonds is 7. The summed E-state index contributed by atoms with van der Waals surface area (Å²) in [6, 6.07) is 76.4. The van der Waals surface area contributed by atoms with E-state index in [-0.39, 0.29) is 0 Å². The summed E-state index contributed by atoms with van der Waals surface area (Å²) in [7, 11) is 0. The second kappa shape index (κ2) is 15.7. The van der Waals surface area contributed by atoms with E-state index in [1.54, 1.807) is 12.7 Å². The highest BCUT2D eigenvalue weighted by atomic mass is 14.8. The zero-order valence-electron chi connectivity index (χ0n) is 36.4. The SMILES string of the molecule is c1cc(-c2cncnc2)cc(-c2cccc(-c3cc(-c4cccc(-c5cccc(-c6cncnc6)c5)c4)cc(-c4cccc5c4-c4ccccc4C54c5ccccc5-c5ccccc54)c3)c2)c1. The van der Waals surface area contributed by atoms with Gasteiger partial charge in [-0.1, -0.05) is 164 Å². The van der Waals surface area contributed by atoms with E-state index in [0.717, 1.165) is 66.8 Å². The second-order valence-electron chi connectivity index (χ2n) is 17.5. The Kier molecular flexibility index (Phi) is 9.04. The van der Waals surface area contributed by atoms with Crippen LogP contribution >= 0.6 is 0 Å². The van der Waals surface area contributed by atoms with Crippen LogP contribution in [0, 0.1) is 0 Å². The fraction of sp³-hybridized carbons (Fsp3) is 0.0159. The first-order valence-corrected chi connectivity index (χ1v) is 22.7. The molecule has 1 spiro atoms. The Labute approximate surface area is 389 Å². The molecule has 0 bridgehead atoms. The third-order valence-electron chi connectivity index (χ3n) is 13.8. The number of hydrogen-bond donors (Lipinski definition) is 0. The zero-order chi connectivity index (χ0) is 44.3. The third kappa shape index (κ3) is 6.29. The van der Waals surface area contributed by atoms with Crippen LogP contribution in [0.3, 0.4) is 0 Å². The molecule has 2 aliphatic rings. The van der Waals surface area contributed by atoms with Crippen molar-refractivity contribution in [3.8, 4) is 100 Å². The molecule has 0 amide bonds. The van der Waals surface area contributed by atoms with Crippen LogP contribution in [0.15, 0.2) is 244 Å². The van der Waals surface area contributed by atoms with Crippen molar-refractivity contribution in [1.29, 1.82) is 0 Å². The molecular formula is C63H40N4. The van der Waals surface area contributed by atoms with Crippen LogP contribution in [0.5, 0.6) is 0 Å². The predicted molar refractivity (Wildman–Crippen MR) is 272 cm³/mol. The first kappa shape index (κ1) is 38.6. The molecule has 0 atom stereocenters. The van der Waals surface area contributed by atoms with E-state index in [1.807, 2.05) is 24.8 Å². The first-order valence-electron chi connectivity index (χ1n) is 22.7. The van der Waals surface area contributed by atoms with E-state index in [4.69, 9.17) is 0 Å². The molecule has 0 fully saturated rings. The maximum Gasteiger partial charge on any atom is 0.115 e. The molecule has 2 aliphatic carbocycles. The van der Waals surface area contributed by atoms with Gasteiger partial charge in [-0.3, -0.25) is 0 Å². The molecule has 13 rings (SSSR count). The van der Waals surface area contributed by atoms with Gasteiger partial charge in [0.15, 0.2) is 0 Å². The van der Waals surface area contributed by atoms with Gasteiger partial charge in [0.1, 0.15) is 12.7 Å². The van der Waals surface area contributed by atoms with E-state index in [1.165, 1.54) is 55.6 Å². The first-order chi connectivity index (χ1) is 33.2. The third-order valence-corrected chi connectivity index (χ3v) is 13.8. The Balaban J connectivity index is 1.01. The molecule has 0 unspecified atom stereocenters. The molecule has 0 saturated heterocycles. The number of fused-ring (bicyclic) bond motifs is 10. The Bertz CT molecular complexity index is 3520. The Morgan fingerprint density at radius 3 is 0.970 bits per heavy atom. The van der Waals surface area contributed by atoms with E-state index < -0.39 is 5.41 Å². The topological polar surface area (TPSA) is 51.6 Å². The number of benzene rings is 9. The number of hydrogen-bond acceptors (Lipinski definition) is 4. The minimum Gasteiger partial charge on any atom is -0.244 e. The quantitative estimate of drug-likeness (QED) is 0.160. The normalized spacial score (nSPS) is 12.6. The zero-order valence-corrected chi connectivity index (χ0v) is 36.4. The highest BCUT2D eigenvalue weighted by Gasteiger charge is 2.52. The maximum absolute atomic E-state index is 4.28. The highest BCUT2D eigenvalue weighted by molar-refractivity contribution is 6.01. The molecule has 0 radical (unpaired) electrons. The summed E-state index contributed by atoms with van der Waals surface area (Å²) in [4.78, 5) is 17.1. The van der Waals surface area contributed by atoms with Crippen molar-refractivity contribution in [2.75, 3.05) is 0 Å². The van der Waals surface area contributed by atoms with E-state index in [2.05, 4.69) is 226 Å². The van der Waals surface area contributed by atoms with Crippen LogP contribution in [0.1, 0.15) is 22.3 Å². The van der Waals surface area contributed by atoms with Gasteiger partial charge in [0.25, 0.3) is 0 Å². The second-order valence-corrected chi connectivity index (χ2v) is 17.5. The van der Waals surface area contributed by atoms with Gasteiger partial charge in [-0.15, -0.1) is 0 Å². The molecular weight excluding hydrogens is 813 g/mol. The van der Waals surface area contributed by atoms with Crippen LogP contribution in [0.4, 0.5) is 0 Å². The minimum atomic E-state index is -0.431. The molecule has 4 nitrogen and oxygen atoms in total. The van der Waals surface area contributed by atoms with Crippen molar-refractivity contribution in [3.05, 3.63) is 266 Å². The Hall–Kier alpha value is -8.86. The lowest BCUT2D eigenvalue weighted by Gasteiger charge is -2.30. The average Bonchev–Trinajstić information content (AvgIpc) is 3.89. The number of aromatic nitrogens is 4. The average molecular weight is 853 g/mol. The molecule has 67 heavy (non-hydrogen) atoms. The van der Waals surface area contributed by atoms with Crippen LogP contribution in [0.2, 0.25) is 0 Å². The Morgan fingerprint density at radius 1 is 0.224 bits per heavy atom. The number of nitrogens with zero attached hydrogens (tertiary/aromatic N) is 4. The summed E-state index contributed by atoms with van der Waals surface area (Å²) in [5.41, 5.74) is 25.8. The molecule has 312 valence electrons. The summed E-state index contributed by atoms with van der Waals surface area (Å²) < 4.78 is 0. The maximum atomic E-state index is 4.28. The van der Waals surface area contributed by atoms with E-state index in [9.17, 15) is 0 Å². The molecule has 11 aromatic rings. The van der Waals surface area contributed by atoms with Crippen molar-refractivity contribution in [1.82, 2.24) is 19.9 Å². The van der Waals surface area contributed by atoms with Crippen LogP contribution in [-0.4, -0.2) is 19.9 Å². The lowest BCUT2D eigenvalue weighted by molar-refractivity contribution is 0.794. The fourth-order valence-electron chi connectivity index (χ4n) is 10.9. The summed E-state index contributed by atoms with van der Waals surface area (Å²) in [6.07, 6.45) is 10.6. The molecule has 9 aromatic carbocycles. The molecule has 0 saturated carbocycles. The molecule has 0 aliphatic heterocycles. The van der Waals surface area contributed by atoms with Gasteiger partial charge < -0.3 is 0 Å². The van der Waals surface area contributed by atoms with Crippen molar-refractivity contribution >= 4 is 0 Å². The van der Waals surface area contributed by atoms with Crippen LogP contribution in [0.25, 0.3) is 100 Å². The molecule has 2 aromatic heterocycles. The standard InChI is InChI=1S/C63H40N4/c1-4-24-58-55(20-1)56-21-2-5-25-59(56)63(58)60-26-6-3-22-57(60)62-54(23-11-27-61(62)63)51-33-49(45-16-7-12-41(28-45)43-14-9-18-47(30-43)52-35-64-39-65-36-52)32-50(34-51)46-17-8-13-42(29-46)44-15-10-19-48(31-44)53-37-66-40-67-38-53/h1-40H. The Morgan fingerprint density at radius 2 is 0.522 bits per heavy atom. The molecule has 4 heteroatoms. The minimum absolute atomic E-state index is 0.431. The van der Waals surface area contributed by atoms with E-state index in [0.29, 0.717) is 0 Å². The van der Waals surface area contributed by atoms with Gasteiger partial charge in [-0.25, -0.2) is 19.9 Å². The summed E-state index contributed by atoms with van der Waals surface area (Å²) in [5, 5.41) is 0. The van der Waals surface area contributed by atoms with Crippen molar-refractivity contribution in [2.24, 2.45) is 0 Å². The summed E-state index contributed by atoms with van der Waals surface area (Å²) in [6.45, 7) is 0. The predicted octanol–water partition coefficient (Wildman–Crippen LogP) is 15.3. The van der Waals surface area contributed by atoms with Gasteiger partial charge in [0, 0.05) is 35.9 Å². The van der Waals surface area contributed by atoms with Gasteiger partial charge >= 0.3 is 0 Å². The van der Waals surface area contributed by atoms with Crippen molar-refractivity contribution in [3.63, 3.8) is 0 Å². The monoisotopic (exact) mass is 852 g/mol. The van der Waals surface area contributed by atoms with Gasteiger partial charge in [0.2, 0.25) is 0 Å². The lowest BCUT2D eigenvalue weighted by Crippen LogP contribution is -2.25. The van der Waals surface area contributed by atoms with Crippen LogP contribution < -0.4 is 0 Å². The van der Waals surface area contributed by atoms with E-state index >= 15 is 0 Å². The van der Waals surface area contributed by atoms with Gasteiger partial charge in [0.05, 0.1) is 5.41 Å². The smallest absolute Gasteiger partial charge is 0.115 e. The molecule has 0 N–H and O–H groups in total. The summed E-state index contributed by atoms with van der Waals surface area (Å²) >= 11 is 0. The van der Waals surface area contributed by atoms with Gasteiger partial charge in [-0.05, 0) is 154 Å². The lowest BCUT2D eigenvalue weighted by atomic mass is 9.70. The fourth-order valence-corrected chi connectivity index (χ4v) is 10.9. The molecule has 2 heterocycles. The largest absolute Gasteiger partial charge is 0.244 e. The van der Waals surface area contributed by atoms with Crippen molar-refractivity contribution < 1.29 is 0 Å². The van der Waals surface area contributed by atoms with Crippen molar-refractivity contribution in [2.45, 2.75) is 5.41 Å². The van der Waals surface area contributed by atoms with Gasteiger partial charge in [-0.2, -0.15) is 0 Å². The van der Waals surface area contributed by atoms with Crippen LogP contribution in [-0.2, 0) is 5.41 Å².